The van der Waals surface area contributed by atoms with Gasteiger partial charge in [-0.3, -0.25) is 0 Å². The highest BCUT2D eigenvalue weighted by Crippen LogP contribution is 2.49. The topological polar surface area (TPSA) is 0 Å². The van der Waals surface area contributed by atoms with Gasteiger partial charge in [-0.1, -0.05) is 176 Å². The number of rotatable bonds is 3. The highest BCUT2D eigenvalue weighted by Gasteiger charge is 2.19. The minimum Gasteiger partial charge on any atom is -0.134 e. The Bertz CT molecular complexity index is 3110. The van der Waals surface area contributed by atoms with Crippen LogP contribution in [0.1, 0.15) is 0 Å². The van der Waals surface area contributed by atoms with Crippen molar-refractivity contribution in [2.24, 2.45) is 0 Å². The molecule has 1 heteroatoms. The maximum atomic E-state index is 2.44. The van der Waals surface area contributed by atoms with E-state index in [1.165, 1.54) is 107 Å². The maximum Gasteiger partial charge on any atom is 0.0440 e. The van der Waals surface area contributed by atoms with Gasteiger partial charge in [-0.05, 0) is 87.9 Å². The second-order valence-corrected chi connectivity index (χ2v) is 14.6. The van der Waals surface area contributed by atoms with E-state index >= 15 is 0 Å². The summed E-state index contributed by atoms with van der Waals surface area (Å²) in [5.41, 5.74) is 7.58. The third-order valence-electron chi connectivity index (χ3n) is 10.8. The van der Waals surface area contributed by atoms with Gasteiger partial charge in [0.2, 0.25) is 0 Å². The number of thiophene rings is 1. The van der Waals surface area contributed by atoms with Crippen molar-refractivity contribution in [3.63, 3.8) is 0 Å². The van der Waals surface area contributed by atoms with Crippen LogP contribution in [0.15, 0.2) is 182 Å². The monoisotopic (exact) mass is 662 g/mol. The molecule has 0 amide bonds. The Labute approximate surface area is 299 Å². The zero-order valence-corrected chi connectivity index (χ0v) is 28.5. The van der Waals surface area contributed by atoms with Crippen molar-refractivity contribution in [3.8, 4) is 33.4 Å². The second kappa shape index (κ2) is 11.1. The summed E-state index contributed by atoms with van der Waals surface area (Å²) in [6.45, 7) is 0. The van der Waals surface area contributed by atoms with Crippen LogP contribution >= 0.6 is 11.3 Å². The molecule has 0 fully saturated rings. The van der Waals surface area contributed by atoms with Gasteiger partial charge < -0.3 is 0 Å². The van der Waals surface area contributed by atoms with Gasteiger partial charge in [-0.2, -0.15) is 0 Å². The first-order valence-electron chi connectivity index (χ1n) is 17.6. The minimum absolute atomic E-state index is 1.23. The van der Waals surface area contributed by atoms with Crippen LogP contribution in [-0.2, 0) is 0 Å². The highest BCUT2D eigenvalue weighted by molar-refractivity contribution is 7.27. The van der Waals surface area contributed by atoms with E-state index in [-0.39, 0.29) is 0 Å². The quantitative estimate of drug-likeness (QED) is 0.130. The van der Waals surface area contributed by atoms with E-state index in [2.05, 4.69) is 182 Å². The average Bonchev–Trinajstić information content (AvgIpc) is 3.61. The van der Waals surface area contributed by atoms with E-state index in [4.69, 9.17) is 0 Å². The maximum absolute atomic E-state index is 2.44. The fourth-order valence-corrected chi connectivity index (χ4v) is 9.98. The lowest BCUT2D eigenvalue weighted by Gasteiger charge is -2.18. The Morgan fingerprint density at radius 3 is 1.24 bits per heavy atom. The summed E-state index contributed by atoms with van der Waals surface area (Å²) in [5, 5.41) is 15.8. The molecule has 0 radical (unpaired) electrons. The fourth-order valence-electron chi connectivity index (χ4n) is 8.67. The molecule has 236 valence electrons. The van der Waals surface area contributed by atoms with Crippen LogP contribution in [0.4, 0.5) is 0 Å². The summed E-state index contributed by atoms with van der Waals surface area (Å²) in [6.07, 6.45) is 0. The molecule has 0 saturated carbocycles. The van der Waals surface area contributed by atoms with Crippen LogP contribution in [0.3, 0.4) is 0 Å². The van der Waals surface area contributed by atoms with Crippen molar-refractivity contribution in [2.75, 3.05) is 0 Å². The molecule has 0 nitrogen and oxygen atoms in total. The predicted molar refractivity (Wildman–Crippen MR) is 223 cm³/mol. The fraction of sp³-hybridized carbons (Fsp3) is 0. The molecule has 10 aromatic carbocycles. The van der Waals surface area contributed by atoms with Gasteiger partial charge in [0.15, 0.2) is 0 Å². The summed E-state index contributed by atoms with van der Waals surface area (Å²) in [7, 11) is 0. The van der Waals surface area contributed by atoms with Gasteiger partial charge >= 0.3 is 0 Å². The van der Waals surface area contributed by atoms with Crippen LogP contribution in [0.2, 0.25) is 0 Å². The average molecular weight is 663 g/mol. The normalized spacial score (nSPS) is 11.9. The van der Waals surface area contributed by atoms with E-state index in [9.17, 15) is 0 Å². The minimum atomic E-state index is 1.23. The Morgan fingerprint density at radius 1 is 0.275 bits per heavy atom. The molecule has 1 heterocycles. The molecule has 1 aromatic heterocycles. The number of hydrogen-bond acceptors (Lipinski definition) is 1. The molecule has 0 unspecified atom stereocenters. The van der Waals surface area contributed by atoms with E-state index in [1.807, 2.05) is 11.3 Å². The Morgan fingerprint density at radius 2 is 0.667 bits per heavy atom. The largest absolute Gasteiger partial charge is 0.134 e. The Balaban J connectivity index is 1.15. The van der Waals surface area contributed by atoms with Crippen LogP contribution in [0, 0.1) is 0 Å². The molecule has 0 aliphatic rings. The highest BCUT2D eigenvalue weighted by atomic mass is 32.1. The van der Waals surface area contributed by atoms with Gasteiger partial charge in [-0.25, -0.2) is 0 Å². The second-order valence-electron chi connectivity index (χ2n) is 13.5. The Kier molecular flexibility index (Phi) is 6.22. The van der Waals surface area contributed by atoms with Gasteiger partial charge in [0.1, 0.15) is 0 Å². The smallest absolute Gasteiger partial charge is 0.0440 e. The van der Waals surface area contributed by atoms with E-state index < -0.39 is 0 Å². The lowest BCUT2D eigenvalue weighted by Crippen LogP contribution is -1.91. The van der Waals surface area contributed by atoms with Crippen molar-refractivity contribution in [2.45, 2.75) is 0 Å². The first kappa shape index (κ1) is 28.5. The van der Waals surface area contributed by atoms with Crippen molar-refractivity contribution >= 4 is 85.4 Å². The summed E-state index contributed by atoms with van der Waals surface area (Å²) in [6, 6.07) is 67.2. The van der Waals surface area contributed by atoms with E-state index in [0.29, 0.717) is 0 Å². The molecule has 11 aromatic rings. The third-order valence-corrected chi connectivity index (χ3v) is 12.0. The van der Waals surface area contributed by atoms with E-state index in [1.54, 1.807) is 0 Å². The van der Waals surface area contributed by atoms with Gasteiger partial charge in [-0.15, -0.1) is 11.3 Å². The molecule has 0 saturated heterocycles. The predicted octanol–water partition coefficient (Wildman–Crippen LogP) is 14.8. The molecule has 51 heavy (non-hydrogen) atoms. The zero-order valence-electron chi connectivity index (χ0n) is 27.7. The first-order chi connectivity index (χ1) is 25.3. The Hall–Kier alpha value is -6.28. The van der Waals surface area contributed by atoms with Crippen molar-refractivity contribution in [3.05, 3.63) is 182 Å². The SMILES string of the molecule is c1ccc(-c2c3ccccc3c(-c3ccc(-c4cc5sc6c7ccccc7c7ccccc7c6c5c5ccccc45)cc3)c3ccccc23)cc1. The van der Waals surface area contributed by atoms with Crippen LogP contribution < -0.4 is 0 Å². The van der Waals surface area contributed by atoms with Crippen molar-refractivity contribution in [1.82, 2.24) is 0 Å². The molecule has 0 bridgehead atoms. The van der Waals surface area contributed by atoms with Crippen LogP contribution in [-0.4, -0.2) is 0 Å². The molecule has 11 rings (SSSR count). The lowest BCUT2D eigenvalue weighted by atomic mass is 9.85. The summed E-state index contributed by atoms with van der Waals surface area (Å²) < 4.78 is 2.70. The summed E-state index contributed by atoms with van der Waals surface area (Å²) in [5.74, 6) is 0. The van der Waals surface area contributed by atoms with Crippen molar-refractivity contribution in [1.29, 1.82) is 0 Å². The van der Waals surface area contributed by atoms with Gasteiger partial charge in [0.05, 0.1) is 0 Å². The molecular formula is C50H30S. The molecule has 0 aliphatic carbocycles. The van der Waals surface area contributed by atoms with Gasteiger partial charge in [0.25, 0.3) is 0 Å². The number of hydrogen-bond donors (Lipinski definition) is 0. The third kappa shape index (κ3) is 4.19. The lowest BCUT2D eigenvalue weighted by molar-refractivity contribution is 1.64. The van der Waals surface area contributed by atoms with Crippen LogP contribution in [0.25, 0.3) is 107 Å². The van der Waals surface area contributed by atoms with Gasteiger partial charge in [0, 0.05) is 25.6 Å². The number of benzene rings is 10. The molecule has 0 N–H and O–H groups in total. The molecule has 0 spiro atoms. The van der Waals surface area contributed by atoms with E-state index in [0.717, 1.165) is 0 Å². The number of fused-ring (bicyclic) bond motifs is 12. The zero-order chi connectivity index (χ0) is 33.5. The van der Waals surface area contributed by atoms with Crippen molar-refractivity contribution < 1.29 is 0 Å². The molecule has 0 aliphatic heterocycles. The molecular weight excluding hydrogens is 633 g/mol. The summed E-state index contributed by atoms with van der Waals surface area (Å²) in [4.78, 5) is 0. The summed E-state index contributed by atoms with van der Waals surface area (Å²) >= 11 is 1.93. The standard InChI is InChI=1S/C50H30S/c1-2-14-32(15-3-1)46-39-21-9-11-23-41(39)47(42-24-12-10-22-40(42)46)33-28-26-31(27-29-33)44-30-45-48(37-19-7-5-18-36(37)44)49-38-20-8-4-16-34(38)35-17-6-13-25-43(35)50(49)51-45/h1-30H. The van der Waals surface area contributed by atoms with Crippen LogP contribution in [0.5, 0.6) is 0 Å². The first-order valence-corrected chi connectivity index (χ1v) is 18.4. The molecule has 0 atom stereocenters.